The zero-order valence-electron chi connectivity index (χ0n) is 15.5. The van der Waals surface area contributed by atoms with Crippen LogP contribution in [0.2, 0.25) is 0 Å². The molecule has 0 spiro atoms. The zero-order chi connectivity index (χ0) is 20.1. The van der Waals surface area contributed by atoms with Gasteiger partial charge in [-0.05, 0) is 58.6 Å². The average Bonchev–Trinajstić information content (AvgIpc) is 3.13. The van der Waals surface area contributed by atoms with Gasteiger partial charge in [0.05, 0.1) is 15.2 Å². The summed E-state index contributed by atoms with van der Waals surface area (Å²) < 4.78 is 19.7. The molecular formula is C20H22BrFN2O3S. The molecule has 2 aromatic rings. The van der Waals surface area contributed by atoms with Gasteiger partial charge in [0.1, 0.15) is 5.82 Å². The van der Waals surface area contributed by atoms with Crippen molar-refractivity contribution in [2.45, 2.75) is 18.3 Å². The normalized spacial score (nSPS) is 15.8. The number of thiophene rings is 1. The second kappa shape index (κ2) is 9.15. The number of carbonyl (C=O) groups is 2. The number of likely N-dealkylation sites (N-methyl/N-ethyl adjacent to an activating group) is 1. The molecule has 5 nitrogen and oxygen atoms in total. The van der Waals surface area contributed by atoms with Crippen molar-refractivity contribution in [3.63, 3.8) is 0 Å². The highest BCUT2D eigenvalue weighted by Gasteiger charge is 2.35. The highest BCUT2D eigenvalue weighted by atomic mass is 79.9. The highest BCUT2D eigenvalue weighted by molar-refractivity contribution is 9.11. The van der Waals surface area contributed by atoms with Crippen LogP contribution >= 0.6 is 27.3 Å². The summed E-state index contributed by atoms with van der Waals surface area (Å²) in [6.45, 7) is 1.59. The van der Waals surface area contributed by atoms with Gasteiger partial charge in [0.15, 0.2) is 0 Å². The summed E-state index contributed by atoms with van der Waals surface area (Å²) in [4.78, 5) is 26.8. The minimum Gasteiger partial charge on any atom is -0.381 e. The lowest BCUT2D eigenvalue weighted by Crippen LogP contribution is -2.47. The molecule has 1 N–H and O–H groups in total. The molecule has 0 bridgehead atoms. The predicted octanol–water partition coefficient (Wildman–Crippen LogP) is 3.59. The first-order valence-corrected chi connectivity index (χ1v) is 10.6. The summed E-state index contributed by atoms with van der Waals surface area (Å²) in [5.74, 6) is -0.694. The van der Waals surface area contributed by atoms with Crippen molar-refractivity contribution in [1.29, 1.82) is 0 Å². The van der Waals surface area contributed by atoms with Crippen LogP contribution in [0.15, 0.2) is 40.2 Å². The molecule has 2 amide bonds. The maximum absolute atomic E-state index is 13.3. The van der Waals surface area contributed by atoms with E-state index in [-0.39, 0.29) is 29.6 Å². The molecule has 2 heterocycles. The Morgan fingerprint density at radius 3 is 2.50 bits per heavy atom. The Labute approximate surface area is 176 Å². The van der Waals surface area contributed by atoms with Gasteiger partial charge in [-0.15, -0.1) is 11.3 Å². The van der Waals surface area contributed by atoms with E-state index in [1.165, 1.54) is 28.4 Å². The molecule has 0 atom stereocenters. The molecular weight excluding hydrogens is 447 g/mol. The molecule has 1 aromatic heterocycles. The van der Waals surface area contributed by atoms with Crippen LogP contribution in [0.4, 0.5) is 4.39 Å². The zero-order valence-corrected chi connectivity index (χ0v) is 17.9. The summed E-state index contributed by atoms with van der Waals surface area (Å²) in [5, 5.41) is 2.96. The number of halogens is 2. The summed E-state index contributed by atoms with van der Waals surface area (Å²) in [5.41, 5.74) is 0.702. The van der Waals surface area contributed by atoms with Crippen LogP contribution in [0.5, 0.6) is 0 Å². The van der Waals surface area contributed by atoms with Crippen molar-refractivity contribution in [3.05, 3.63) is 56.4 Å². The molecule has 1 aliphatic rings. The van der Waals surface area contributed by atoms with Crippen molar-refractivity contribution >= 4 is 39.1 Å². The van der Waals surface area contributed by atoms with E-state index in [1.54, 1.807) is 25.2 Å². The lowest BCUT2D eigenvalue weighted by Gasteiger charge is -2.38. The Morgan fingerprint density at radius 1 is 1.21 bits per heavy atom. The topological polar surface area (TPSA) is 58.6 Å². The van der Waals surface area contributed by atoms with Crippen LogP contribution in [0.25, 0.3) is 0 Å². The van der Waals surface area contributed by atoms with Gasteiger partial charge >= 0.3 is 0 Å². The molecule has 8 heteroatoms. The van der Waals surface area contributed by atoms with Gasteiger partial charge in [-0.3, -0.25) is 9.59 Å². The summed E-state index contributed by atoms with van der Waals surface area (Å²) >= 11 is 4.67. The molecule has 1 fully saturated rings. The van der Waals surface area contributed by atoms with Crippen LogP contribution in [-0.4, -0.2) is 50.1 Å². The summed E-state index contributed by atoms with van der Waals surface area (Å²) in [7, 11) is 1.61. The smallest absolute Gasteiger partial charge is 0.264 e. The number of nitrogens with zero attached hydrogens (tertiary/aromatic N) is 1. The Balaban J connectivity index is 1.62. The maximum Gasteiger partial charge on any atom is 0.264 e. The summed E-state index contributed by atoms with van der Waals surface area (Å²) in [6.07, 6.45) is 1.49. The first kappa shape index (κ1) is 21.0. The molecule has 0 aliphatic carbocycles. The van der Waals surface area contributed by atoms with E-state index in [0.717, 1.165) is 22.2 Å². The fraction of sp³-hybridized carbons (Fsp3) is 0.400. The van der Waals surface area contributed by atoms with E-state index in [1.807, 2.05) is 6.07 Å². The van der Waals surface area contributed by atoms with Gasteiger partial charge in [0.2, 0.25) is 5.91 Å². The number of benzene rings is 1. The number of hydrogen-bond donors (Lipinski definition) is 1. The molecule has 1 saturated heterocycles. The minimum atomic E-state index is -0.289. The van der Waals surface area contributed by atoms with Crippen molar-refractivity contribution in [2.75, 3.05) is 33.4 Å². The van der Waals surface area contributed by atoms with Crippen molar-refractivity contribution in [1.82, 2.24) is 10.2 Å². The van der Waals surface area contributed by atoms with Gasteiger partial charge in [0.25, 0.3) is 5.91 Å². The quantitative estimate of drug-likeness (QED) is 0.704. The molecule has 0 radical (unpaired) electrons. The van der Waals surface area contributed by atoms with Gasteiger partial charge in [-0.1, -0.05) is 12.1 Å². The number of hydrogen-bond acceptors (Lipinski definition) is 4. The van der Waals surface area contributed by atoms with Gasteiger partial charge < -0.3 is 15.0 Å². The third-order valence-corrected chi connectivity index (χ3v) is 6.65. The lowest BCUT2D eigenvalue weighted by atomic mass is 9.74. The van der Waals surface area contributed by atoms with E-state index in [2.05, 4.69) is 21.2 Å². The monoisotopic (exact) mass is 468 g/mol. The number of amides is 2. The minimum absolute atomic E-state index is 0.0235. The Hall–Kier alpha value is -1.77. The fourth-order valence-electron chi connectivity index (χ4n) is 3.36. The fourth-order valence-corrected chi connectivity index (χ4v) is 4.74. The highest BCUT2D eigenvalue weighted by Crippen LogP contribution is 2.34. The second-order valence-electron chi connectivity index (χ2n) is 6.94. The van der Waals surface area contributed by atoms with Crippen LogP contribution in [0.1, 0.15) is 28.1 Å². The first-order valence-electron chi connectivity index (χ1n) is 9.01. The summed E-state index contributed by atoms with van der Waals surface area (Å²) in [6, 6.07) is 9.98. The van der Waals surface area contributed by atoms with E-state index < -0.39 is 0 Å². The van der Waals surface area contributed by atoms with Crippen LogP contribution in [0, 0.1) is 5.82 Å². The molecule has 1 aliphatic heterocycles. The van der Waals surface area contributed by atoms with E-state index in [4.69, 9.17) is 4.74 Å². The van der Waals surface area contributed by atoms with Crippen LogP contribution in [-0.2, 0) is 14.9 Å². The van der Waals surface area contributed by atoms with Crippen molar-refractivity contribution in [3.8, 4) is 0 Å². The van der Waals surface area contributed by atoms with Crippen LogP contribution < -0.4 is 5.32 Å². The average molecular weight is 469 g/mol. The van der Waals surface area contributed by atoms with Gasteiger partial charge in [0, 0.05) is 32.2 Å². The molecule has 3 rings (SSSR count). The molecule has 150 valence electrons. The Morgan fingerprint density at radius 2 is 1.89 bits per heavy atom. The third-order valence-electron chi connectivity index (χ3n) is 5.04. The van der Waals surface area contributed by atoms with E-state index in [9.17, 15) is 14.0 Å². The van der Waals surface area contributed by atoms with Crippen molar-refractivity contribution < 1.29 is 18.7 Å². The number of rotatable bonds is 6. The standard InChI is InChI=1S/C20H22BrFN2O3S/c1-24(19(26)16-6-7-17(21)28-16)12-18(25)23-13-20(8-10-27-11-9-20)14-2-4-15(22)5-3-14/h2-7H,8-13H2,1H3,(H,23,25). The third kappa shape index (κ3) is 4.98. The second-order valence-corrected chi connectivity index (χ2v) is 9.40. The maximum atomic E-state index is 13.3. The number of ether oxygens (including phenoxy) is 1. The van der Waals surface area contributed by atoms with Gasteiger partial charge in [-0.25, -0.2) is 4.39 Å². The molecule has 0 unspecified atom stereocenters. The Bertz CT molecular complexity index is 834. The number of carbonyl (C=O) groups excluding carboxylic acids is 2. The SMILES string of the molecule is CN(CC(=O)NCC1(c2ccc(F)cc2)CCOCC1)C(=O)c1ccc(Br)s1. The van der Waals surface area contributed by atoms with E-state index >= 15 is 0 Å². The molecule has 0 saturated carbocycles. The number of nitrogens with one attached hydrogen (secondary N) is 1. The van der Waals surface area contributed by atoms with Crippen molar-refractivity contribution in [2.24, 2.45) is 0 Å². The lowest BCUT2D eigenvalue weighted by molar-refractivity contribution is -0.122. The van der Waals surface area contributed by atoms with Crippen LogP contribution in [0.3, 0.4) is 0 Å². The van der Waals surface area contributed by atoms with E-state index in [0.29, 0.717) is 24.6 Å². The first-order chi connectivity index (χ1) is 13.4. The molecule has 28 heavy (non-hydrogen) atoms. The Kier molecular flexibility index (Phi) is 6.85. The van der Waals surface area contributed by atoms with Gasteiger partial charge in [-0.2, -0.15) is 0 Å². The molecule has 1 aromatic carbocycles. The largest absolute Gasteiger partial charge is 0.381 e. The predicted molar refractivity (Wildman–Crippen MR) is 110 cm³/mol.